The van der Waals surface area contributed by atoms with Gasteiger partial charge in [0.25, 0.3) is 0 Å². The Kier molecular flexibility index (Phi) is 6.55. The summed E-state index contributed by atoms with van der Waals surface area (Å²) in [5.74, 6) is 1.93. The van der Waals surface area contributed by atoms with E-state index in [1.165, 1.54) is 0 Å². The van der Waals surface area contributed by atoms with Crippen LogP contribution in [0.25, 0.3) is 11.0 Å². The quantitative estimate of drug-likeness (QED) is 0.430. The first-order valence-corrected chi connectivity index (χ1v) is 11.2. The number of rotatable bonds is 7. The summed E-state index contributed by atoms with van der Waals surface area (Å²) in [5.41, 5.74) is 4.01. The van der Waals surface area contributed by atoms with Crippen molar-refractivity contribution >= 4 is 28.2 Å². The number of fused-ring (bicyclic) bond motifs is 1. The van der Waals surface area contributed by atoms with E-state index in [9.17, 15) is 5.26 Å². The molecule has 176 valence electrons. The lowest BCUT2D eigenvalue weighted by atomic mass is 10.1. The molecular formula is C26H24N6O3. The maximum absolute atomic E-state index is 9.98. The third-order valence-corrected chi connectivity index (χ3v) is 5.71. The van der Waals surface area contributed by atoms with Gasteiger partial charge in [-0.2, -0.15) is 5.26 Å². The fraction of sp³-hybridized carbons (Fsp3) is 0.231. The lowest BCUT2D eigenvalue weighted by Crippen LogP contribution is -2.36. The number of methoxy groups -OCH3 is 1. The van der Waals surface area contributed by atoms with Crippen molar-refractivity contribution in [2.45, 2.75) is 6.61 Å². The third kappa shape index (κ3) is 4.93. The van der Waals surface area contributed by atoms with Crippen molar-refractivity contribution in [3.63, 3.8) is 0 Å². The van der Waals surface area contributed by atoms with Crippen LogP contribution in [0.1, 0.15) is 11.1 Å². The van der Waals surface area contributed by atoms with Crippen LogP contribution < -0.4 is 19.7 Å². The number of morpholine rings is 1. The van der Waals surface area contributed by atoms with Crippen LogP contribution in [-0.4, -0.2) is 48.4 Å². The van der Waals surface area contributed by atoms with Crippen LogP contribution in [0.3, 0.4) is 0 Å². The van der Waals surface area contributed by atoms with E-state index in [0.717, 1.165) is 30.2 Å². The van der Waals surface area contributed by atoms with E-state index in [4.69, 9.17) is 19.2 Å². The normalized spacial score (nSPS) is 13.3. The molecule has 1 N–H and O–H groups in total. The molecule has 0 atom stereocenters. The Morgan fingerprint density at radius 1 is 1.11 bits per heavy atom. The molecular weight excluding hydrogens is 444 g/mol. The number of hydrogen-bond donors (Lipinski definition) is 1. The highest BCUT2D eigenvalue weighted by molar-refractivity contribution is 5.89. The number of nitrogens with one attached hydrogen (secondary N) is 1. The fourth-order valence-corrected chi connectivity index (χ4v) is 3.90. The molecule has 9 heteroatoms. The van der Waals surface area contributed by atoms with Gasteiger partial charge in [-0.3, -0.25) is 9.97 Å². The molecule has 1 fully saturated rings. The van der Waals surface area contributed by atoms with Gasteiger partial charge in [0.05, 0.1) is 37.7 Å². The average Bonchev–Trinajstić information content (AvgIpc) is 2.93. The largest absolute Gasteiger partial charge is 0.493 e. The molecule has 3 heterocycles. The summed E-state index contributed by atoms with van der Waals surface area (Å²) >= 11 is 0. The zero-order valence-corrected chi connectivity index (χ0v) is 19.3. The third-order valence-electron chi connectivity index (χ3n) is 5.71. The number of hydrogen-bond acceptors (Lipinski definition) is 9. The van der Waals surface area contributed by atoms with Crippen molar-refractivity contribution in [2.24, 2.45) is 0 Å². The van der Waals surface area contributed by atoms with Gasteiger partial charge in [-0.1, -0.05) is 6.07 Å². The molecule has 9 nitrogen and oxygen atoms in total. The lowest BCUT2D eigenvalue weighted by Gasteiger charge is -2.27. The Bertz CT molecular complexity index is 1370. The summed E-state index contributed by atoms with van der Waals surface area (Å²) in [7, 11) is 1.59. The van der Waals surface area contributed by atoms with Crippen LogP contribution in [-0.2, 0) is 11.3 Å². The summed E-state index contributed by atoms with van der Waals surface area (Å²) in [6.45, 7) is 3.17. The Morgan fingerprint density at radius 3 is 2.77 bits per heavy atom. The van der Waals surface area contributed by atoms with Crippen molar-refractivity contribution in [2.75, 3.05) is 43.6 Å². The average molecular weight is 469 g/mol. The minimum atomic E-state index is 0.379. The highest BCUT2D eigenvalue weighted by Gasteiger charge is 2.17. The minimum Gasteiger partial charge on any atom is -0.493 e. The Hall–Kier alpha value is -4.42. The highest BCUT2D eigenvalue weighted by atomic mass is 16.5. The maximum Gasteiger partial charge on any atom is 0.162 e. The summed E-state index contributed by atoms with van der Waals surface area (Å²) in [6, 6.07) is 15.4. The molecule has 0 saturated carbocycles. The first-order valence-electron chi connectivity index (χ1n) is 11.2. The van der Waals surface area contributed by atoms with Gasteiger partial charge in [0.2, 0.25) is 0 Å². The standard InChI is InChI=1S/C26H24N6O3/c1-33-24-13-19(4-7-23(24)35-17-18-3-2-8-28-15-18)30-21-5-6-22-26(20(21)14-27)31-25(16-29-22)32-9-11-34-12-10-32/h2-8,13,15-16,30H,9-12,17H2,1H3. The minimum absolute atomic E-state index is 0.379. The van der Waals surface area contributed by atoms with E-state index < -0.39 is 0 Å². The Labute approximate surface area is 202 Å². The van der Waals surface area contributed by atoms with Gasteiger partial charge in [0.1, 0.15) is 29.6 Å². The Balaban J connectivity index is 1.40. The van der Waals surface area contributed by atoms with Gasteiger partial charge >= 0.3 is 0 Å². The number of ether oxygens (including phenoxy) is 3. The van der Waals surface area contributed by atoms with Crippen molar-refractivity contribution in [3.05, 3.63) is 72.2 Å². The maximum atomic E-state index is 9.98. The van der Waals surface area contributed by atoms with Gasteiger partial charge in [-0.05, 0) is 30.3 Å². The molecule has 0 spiro atoms. The lowest BCUT2D eigenvalue weighted by molar-refractivity contribution is 0.122. The highest BCUT2D eigenvalue weighted by Crippen LogP contribution is 2.34. The van der Waals surface area contributed by atoms with E-state index in [-0.39, 0.29) is 0 Å². The van der Waals surface area contributed by atoms with E-state index in [1.807, 2.05) is 42.5 Å². The first kappa shape index (κ1) is 22.4. The van der Waals surface area contributed by atoms with Crippen molar-refractivity contribution < 1.29 is 14.2 Å². The molecule has 1 saturated heterocycles. The second kappa shape index (κ2) is 10.2. The molecule has 35 heavy (non-hydrogen) atoms. The van der Waals surface area contributed by atoms with Gasteiger partial charge in [-0.25, -0.2) is 4.98 Å². The zero-order valence-electron chi connectivity index (χ0n) is 19.3. The van der Waals surface area contributed by atoms with Crippen molar-refractivity contribution in [3.8, 4) is 17.6 Å². The number of nitriles is 1. The summed E-state index contributed by atoms with van der Waals surface area (Å²) in [5, 5.41) is 13.3. The first-order chi connectivity index (χ1) is 17.2. The van der Waals surface area contributed by atoms with E-state index in [0.29, 0.717) is 53.6 Å². The monoisotopic (exact) mass is 468 g/mol. The molecule has 0 bridgehead atoms. The van der Waals surface area contributed by atoms with E-state index in [1.54, 1.807) is 25.7 Å². The van der Waals surface area contributed by atoms with Crippen LogP contribution in [0.15, 0.2) is 61.1 Å². The predicted molar refractivity (Wildman–Crippen MR) is 132 cm³/mol. The van der Waals surface area contributed by atoms with Crippen molar-refractivity contribution in [1.82, 2.24) is 15.0 Å². The van der Waals surface area contributed by atoms with Crippen molar-refractivity contribution in [1.29, 1.82) is 5.26 Å². The second-order valence-corrected chi connectivity index (χ2v) is 7.94. The summed E-state index contributed by atoms with van der Waals surface area (Å²) in [6.07, 6.45) is 5.23. The SMILES string of the molecule is COc1cc(Nc2ccc3ncc(N4CCOCC4)nc3c2C#N)ccc1OCc1cccnc1. The Morgan fingerprint density at radius 2 is 2.00 bits per heavy atom. The zero-order chi connectivity index (χ0) is 24.0. The van der Waals surface area contributed by atoms with Crippen LogP contribution in [0, 0.1) is 11.3 Å². The summed E-state index contributed by atoms with van der Waals surface area (Å²) < 4.78 is 16.9. The molecule has 0 aliphatic carbocycles. The molecule has 1 aliphatic heterocycles. The van der Waals surface area contributed by atoms with Gasteiger partial charge in [0, 0.05) is 42.8 Å². The van der Waals surface area contributed by atoms with Gasteiger partial charge in [-0.15, -0.1) is 0 Å². The molecule has 4 aromatic rings. The van der Waals surface area contributed by atoms with E-state index in [2.05, 4.69) is 26.3 Å². The molecule has 0 amide bonds. The molecule has 2 aromatic heterocycles. The second-order valence-electron chi connectivity index (χ2n) is 7.94. The molecule has 0 radical (unpaired) electrons. The number of anilines is 3. The van der Waals surface area contributed by atoms with Crippen LogP contribution in [0.5, 0.6) is 11.5 Å². The topological polar surface area (TPSA) is 105 Å². The molecule has 0 unspecified atom stereocenters. The number of nitrogens with zero attached hydrogens (tertiary/aromatic N) is 5. The van der Waals surface area contributed by atoms with Crippen LogP contribution in [0.4, 0.5) is 17.2 Å². The molecule has 1 aliphatic rings. The smallest absolute Gasteiger partial charge is 0.162 e. The number of pyridine rings is 1. The number of benzene rings is 2. The van der Waals surface area contributed by atoms with Crippen LogP contribution in [0.2, 0.25) is 0 Å². The predicted octanol–water partition coefficient (Wildman–Crippen LogP) is 4.06. The van der Waals surface area contributed by atoms with Crippen LogP contribution >= 0.6 is 0 Å². The number of aromatic nitrogens is 3. The molecule has 5 rings (SSSR count). The van der Waals surface area contributed by atoms with Gasteiger partial charge < -0.3 is 24.4 Å². The van der Waals surface area contributed by atoms with Gasteiger partial charge in [0.15, 0.2) is 11.5 Å². The summed E-state index contributed by atoms with van der Waals surface area (Å²) in [4.78, 5) is 15.5. The molecule has 2 aromatic carbocycles. The van der Waals surface area contributed by atoms with E-state index >= 15 is 0 Å². The fourth-order valence-electron chi connectivity index (χ4n) is 3.90.